The third-order valence-electron chi connectivity index (χ3n) is 2.88. The molecule has 1 aromatic carbocycles. The molecule has 7 heteroatoms. The third-order valence-corrected chi connectivity index (χ3v) is 3.70. The number of halogens is 2. The van der Waals surface area contributed by atoms with Crippen molar-refractivity contribution in [2.45, 2.75) is 6.54 Å². The predicted molar refractivity (Wildman–Crippen MR) is 87.8 cm³/mol. The fraction of sp³-hybridized carbons (Fsp3) is 0.0667. The van der Waals surface area contributed by atoms with Crippen LogP contribution in [-0.2, 0) is 6.54 Å². The lowest BCUT2D eigenvalue weighted by Crippen LogP contribution is -2.03. The molecule has 0 aliphatic heterocycles. The molecule has 0 amide bonds. The van der Waals surface area contributed by atoms with E-state index >= 15 is 0 Å². The molecular formula is C15H12Cl2N4O. The number of nitrogens with one attached hydrogen (secondary N) is 2. The summed E-state index contributed by atoms with van der Waals surface area (Å²) in [6, 6.07) is 10.8. The zero-order valence-electron chi connectivity index (χ0n) is 11.4. The van der Waals surface area contributed by atoms with Gasteiger partial charge in [-0.2, -0.15) is 4.98 Å². The van der Waals surface area contributed by atoms with Crippen molar-refractivity contribution in [2.75, 3.05) is 10.6 Å². The highest BCUT2D eigenvalue weighted by Gasteiger charge is 2.06. The molecule has 0 bridgehead atoms. The minimum absolute atomic E-state index is 0.425. The molecule has 22 heavy (non-hydrogen) atoms. The van der Waals surface area contributed by atoms with Gasteiger partial charge in [0.25, 0.3) is 0 Å². The molecule has 0 spiro atoms. The van der Waals surface area contributed by atoms with Gasteiger partial charge in [-0.15, -0.1) is 0 Å². The van der Waals surface area contributed by atoms with E-state index in [4.69, 9.17) is 27.6 Å². The van der Waals surface area contributed by atoms with Crippen molar-refractivity contribution in [3.8, 4) is 0 Å². The van der Waals surface area contributed by atoms with Crippen LogP contribution >= 0.6 is 23.2 Å². The van der Waals surface area contributed by atoms with E-state index in [1.807, 2.05) is 12.1 Å². The van der Waals surface area contributed by atoms with Gasteiger partial charge in [0.2, 0.25) is 5.95 Å². The Kier molecular flexibility index (Phi) is 4.46. The molecule has 0 atom stereocenters. The van der Waals surface area contributed by atoms with Crippen molar-refractivity contribution in [3.05, 3.63) is 64.7 Å². The maximum absolute atomic E-state index is 6.13. The van der Waals surface area contributed by atoms with E-state index in [1.165, 1.54) is 0 Å². The molecule has 3 rings (SSSR count). The third kappa shape index (κ3) is 3.50. The summed E-state index contributed by atoms with van der Waals surface area (Å²) in [4.78, 5) is 8.52. The fourth-order valence-corrected chi connectivity index (χ4v) is 2.18. The number of nitrogens with zero attached hydrogens (tertiary/aromatic N) is 2. The Hall–Kier alpha value is -2.24. The lowest BCUT2D eigenvalue weighted by Gasteiger charge is -2.09. The minimum atomic E-state index is 0.425. The summed E-state index contributed by atoms with van der Waals surface area (Å²) in [6.07, 6.45) is 3.28. The highest BCUT2D eigenvalue weighted by atomic mass is 35.5. The molecule has 0 saturated carbocycles. The Morgan fingerprint density at radius 2 is 2.00 bits per heavy atom. The van der Waals surface area contributed by atoms with E-state index in [-0.39, 0.29) is 0 Å². The molecule has 0 unspecified atom stereocenters. The summed E-state index contributed by atoms with van der Waals surface area (Å²) in [7, 11) is 0. The number of benzene rings is 1. The van der Waals surface area contributed by atoms with Crippen LogP contribution in [0.1, 0.15) is 5.76 Å². The normalized spacial score (nSPS) is 10.5. The van der Waals surface area contributed by atoms with Crippen LogP contribution in [0.5, 0.6) is 0 Å². The summed E-state index contributed by atoms with van der Waals surface area (Å²) in [5, 5.41) is 7.10. The molecule has 112 valence electrons. The van der Waals surface area contributed by atoms with Gasteiger partial charge in [0, 0.05) is 6.20 Å². The molecule has 2 N–H and O–H groups in total. The van der Waals surface area contributed by atoms with Crippen molar-refractivity contribution in [1.82, 2.24) is 9.97 Å². The first-order valence-electron chi connectivity index (χ1n) is 6.53. The summed E-state index contributed by atoms with van der Waals surface area (Å²) in [5.74, 6) is 1.92. The Labute approximate surface area is 137 Å². The van der Waals surface area contributed by atoms with Crippen LogP contribution in [0.4, 0.5) is 17.5 Å². The molecule has 0 aliphatic carbocycles. The molecule has 0 aliphatic rings. The van der Waals surface area contributed by atoms with E-state index in [1.54, 1.807) is 36.7 Å². The van der Waals surface area contributed by atoms with E-state index in [2.05, 4.69) is 20.6 Å². The van der Waals surface area contributed by atoms with Gasteiger partial charge in [0.05, 0.1) is 28.5 Å². The summed E-state index contributed by atoms with van der Waals surface area (Å²) >= 11 is 12.1. The SMILES string of the molecule is Clc1cccc(Nc2nccc(NCc3ccco3)n2)c1Cl. The van der Waals surface area contributed by atoms with E-state index in [0.717, 1.165) is 5.76 Å². The monoisotopic (exact) mass is 334 g/mol. The van der Waals surface area contributed by atoms with Gasteiger partial charge in [-0.05, 0) is 30.3 Å². The smallest absolute Gasteiger partial charge is 0.229 e. The number of hydrogen-bond donors (Lipinski definition) is 2. The summed E-state index contributed by atoms with van der Waals surface area (Å²) in [5.41, 5.74) is 0.650. The average molecular weight is 335 g/mol. The Morgan fingerprint density at radius 3 is 2.82 bits per heavy atom. The number of rotatable bonds is 5. The van der Waals surface area contributed by atoms with Crippen molar-refractivity contribution in [2.24, 2.45) is 0 Å². The second-order valence-corrected chi connectivity index (χ2v) is 5.21. The standard InChI is InChI=1S/C15H12Cl2N4O/c16-11-4-1-5-12(14(11)17)20-15-18-7-6-13(21-15)19-9-10-3-2-8-22-10/h1-8H,9H2,(H2,18,19,20,21). The first-order valence-corrected chi connectivity index (χ1v) is 7.28. The van der Waals surface area contributed by atoms with Crippen LogP contribution in [0.3, 0.4) is 0 Å². The second-order valence-electron chi connectivity index (χ2n) is 4.42. The first-order chi connectivity index (χ1) is 10.7. The maximum atomic E-state index is 6.13. The molecule has 2 heterocycles. The van der Waals surface area contributed by atoms with Crippen LogP contribution in [-0.4, -0.2) is 9.97 Å². The maximum Gasteiger partial charge on any atom is 0.229 e. The van der Waals surface area contributed by atoms with Gasteiger partial charge in [0.15, 0.2) is 0 Å². The van der Waals surface area contributed by atoms with Crippen molar-refractivity contribution in [3.63, 3.8) is 0 Å². The molecule has 3 aromatic rings. The molecule has 0 radical (unpaired) electrons. The quantitative estimate of drug-likeness (QED) is 0.706. The topological polar surface area (TPSA) is 63.0 Å². The van der Waals surface area contributed by atoms with Crippen LogP contribution in [0, 0.1) is 0 Å². The van der Waals surface area contributed by atoms with Gasteiger partial charge in [0.1, 0.15) is 11.6 Å². The number of aromatic nitrogens is 2. The minimum Gasteiger partial charge on any atom is -0.467 e. The summed E-state index contributed by atoms with van der Waals surface area (Å²) in [6.45, 7) is 0.543. The lowest BCUT2D eigenvalue weighted by atomic mass is 10.3. The molecule has 0 fully saturated rings. The molecule has 2 aromatic heterocycles. The first kappa shape index (κ1) is 14.7. The van der Waals surface area contributed by atoms with Crippen LogP contribution < -0.4 is 10.6 Å². The number of furan rings is 1. The van der Waals surface area contributed by atoms with Gasteiger partial charge >= 0.3 is 0 Å². The average Bonchev–Trinajstić information content (AvgIpc) is 3.04. The van der Waals surface area contributed by atoms with Crippen LogP contribution in [0.15, 0.2) is 53.3 Å². The largest absolute Gasteiger partial charge is 0.467 e. The zero-order chi connectivity index (χ0) is 15.4. The van der Waals surface area contributed by atoms with Crippen LogP contribution in [0.2, 0.25) is 10.0 Å². The zero-order valence-corrected chi connectivity index (χ0v) is 12.9. The van der Waals surface area contributed by atoms with Gasteiger partial charge in [-0.25, -0.2) is 4.98 Å². The highest BCUT2D eigenvalue weighted by Crippen LogP contribution is 2.30. The molecule has 5 nitrogen and oxygen atoms in total. The van der Waals surface area contributed by atoms with E-state index in [9.17, 15) is 0 Å². The fourth-order valence-electron chi connectivity index (χ4n) is 1.83. The van der Waals surface area contributed by atoms with Crippen molar-refractivity contribution >= 4 is 40.7 Å². The highest BCUT2D eigenvalue weighted by molar-refractivity contribution is 6.43. The predicted octanol–water partition coefficient (Wildman–Crippen LogP) is 4.73. The Bertz CT molecular complexity index is 762. The lowest BCUT2D eigenvalue weighted by molar-refractivity contribution is 0.518. The molecular weight excluding hydrogens is 323 g/mol. The van der Waals surface area contributed by atoms with E-state index in [0.29, 0.717) is 34.0 Å². The molecule has 0 saturated heterocycles. The Balaban J connectivity index is 1.72. The summed E-state index contributed by atoms with van der Waals surface area (Å²) < 4.78 is 5.26. The van der Waals surface area contributed by atoms with Crippen molar-refractivity contribution < 1.29 is 4.42 Å². The van der Waals surface area contributed by atoms with Crippen molar-refractivity contribution in [1.29, 1.82) is 0 Å². The van der Waals surface area contributed by atoms with Gasteiger partial charge in [-0.1, -0.05) is 29.3 Å². The number of anilines is 3. The van der Waals surface area contributed by atoms with Gasteiger partial charge in [-0.3, -0.25) is 0 Å². The number of hydrogen-bond acceptors (Lipinski definition) is 5. The van der Waals surface area contributed by atoms with E-state index < -0.39 is 0 Å². The second kappa shape index (κ2) is 6.68. The van der Waals surface area contributed by atoms with Gasteiger partial charge < -0.3 is 15.1 Å². The van der Waals surface area contributed by atoms with Crippen LogP contribution in [0.25, 0.3) is 0 Å². The Morgan fingerprint density at radius 1 is 1.09 bits per heavy atom.